The van der Waals surface area contributed by atoms with Crippen LogP contribution in [-0.2, 0) is 18.9 Å². The van der Waals surface area contributed by atoms with Gasteiger partial charge < -0.3 is 18.9 Å². The summed E-state index contributed by atoms with van der Waals surface area (Å²) in [6.07, 6.45) is 5.24. The summed E-state index contributed by atoms with van der Waals surface area (Å²) in [5, 5.41) is 0. The molecule has 4 heteroatoms. The molecule has 0 radical (unpaired) electrons. The first-order valence-corrected chi connectivity index (χ1v) is 11.3. The van der Waals surface area contributed by atoms with Crippen molar-refractivity contribution in [3.8, 4) is 0 Å². The molecule has 0 aromatic rings. The molecule has 1 unspecified atom stereocenters. The summed E-state index contributed by atoms with van der Waals surface area (Å²) >= 11 is 0. The van der Waals surface area contributed by atoms with Crippen molar-refractivity contribution in [1.29, 1.82) is 0 Å². The summed E-state index contributed by atoms with van der Waals surface area (Å²) in [4.78, 5) is 0. The lowest BCUT2D eigenvalue weighted by Gasteiger charge is -2.36. The highest BCUT2D eigenvalue weighted by Crippen LogP contribution is 2.33. The Bertz CT molecular complexity index is 438. The highest BCUT2D eigenvalue weighted by molar-refractivity contribution is 4.80. The monoisotopic (exact) mass is 414 g/mol. The second kappa shape index (κ2) is 13.1. The van der Waals surface area contributed by atoms with E-state index in [1.54, 1.807) is 6.08 Å². The summed E-state index contributed by atoms with van der Waals surface area (Å²) in [5.74, 6) is 0. The molecule has 0 aliphatic heterocycles. The first-order valence-electron chi connectivity index (χ1n) is 11.3. The van der Waals surface area contributed by atoms with Crippen molar-refractivity contribution in [2.45, 2.75) is 112 Å². The van der Waals surface area contributed by atoms with E-state index in [2.05, 4.69) is 75.8 Å². The fraction of sp³-hybridized carbons (Fsp3) is 0.920. The summed E-state index contributed by atoms with van der Waals surface area (Å²) in [7, 11) is 0. The van der Waals surface area contributed by atoms with Crippen molar-refractivity contribution in [3.05, 3.63) is 12.7 Å². The van der Waals surface area contributed by atoms with E-state index in [0.717, 1.165) is 32.5 Å². The van der Waals surface area contributed by atoms with Crippen LogP contribution in [-0.4, -0.2) is 50.3 Å². The summed E-state index contributed by atoms with van der Waals surface area (Å²) in [5.41, 5.74) is 0.0144. The molecule has 4 nitrogen and oxygen atoms in total. The van der Waals surface area contributed by atoms with Crippen molar-refractivity contribution in [2.75, 3.05) is 26.4 Å². The Kier molecular flexibility index (Phi) is 12.9. The van der Waals surface area contributed by atoms with Gasteiger partial charge in [-0.05, 0) is 65.2 Å². The molecule has 0 fully saturated rings. The molecule has 0 bridgehead atoms. The van der Waals surface area contributed by atoms with Gasteiger partial charge in [-0.3, -0.25) is 0 Å². The van der Waals surface area contributed by atoms with E-state index in [1.165, 1.54) is 0 Å². The number of ether oxygens (including phenoxy) is 4. The maximum Gasteiger partial charge on any atom is 0.0839 e. The van der Waals surface area contributed by atoms with Crippen molar-refractivity contribution in [2.24, 2.45) is 10.8 Å². The van der Waals surface area contributed by atoms with Crippen LogP contribution in [0.1, 0.15) is 88.5 Å². The van der Waals surface area contributed by atoms with Gasteiger partial charge in [0.15, 0.2) is 0 Å². The second-order valence-corrected chi connectivity index (χ2v) is 11.1. The zero-order chi connectivity index (χ0) is 22.7. The number of hydrogen-bond donors (Lipinski definition) is 0. The molecule has 29 heavy (non-hydrogen) atoms. The second-order valence-electron chi connectivity index (χ2n) is 11.1. The van der Waals surface area contributed by atoms with Gasteiger partial charge in [-0.2, -0.15) is 0 Å². The molecule has 0 amide bonds. The van der Waals surface area contributed by atoms with Gasteiger partial charge in [0, 0.05) is 6.42 Å². The van der Waals surface area contributed by atoms with Gasteiger partial charge in [-0.15, -0.1) is 6.58 Å². The highest BCUT2D eigenvalue weighted by atomic mass is 16.5. The lowest BCUT2D eigenvalue weighted by Crippen LogP contribution is -2.37. The minimum absolute atomic E-state index is 0.0141. The molecule has 1 atom stereocenters. The van der Waals surface area contributed by atoms with Crippen LogP contribution in [0.5, 0.6) is 0 Å². The van der Waals surface area contributed by atoms with Gasteiger partial charge in [-0.1, -0.05) is 33.8 Å². The lowest BCUT2D eigenvalue weighted by atomic mass is 9.79. The molecule has 0 heterocycles. The van der Waals surface area contributed by atoms with Crippen LogP contribution in [0.2, 0.25) is 0 Å². The number of hydrogen-bond acceptors (Lipinski definition) is 4. The van der Waals surface area contributed by atoms with Crippen molar-refractivity contribution in [1.82, 2.24) is 0 Å². The van der Waals surface area contributed by atoms with Crippen LogP contribution in [0.3, 0.4) is 0 Å². The molecule has 0 aromatic carbocycles. The van der Waals surface area contributed by atoms with Crippen LogP contribution in [0, 0.1) is 10.8 Å². The maximum atomic E-state index is 6.39. The molecule has 0 saturated carbocycles. The van der Waals surface area contributed by atoms with Crippen LogP contribution in [0.15, 0.2) is 12.7 Å². The van der Waals surface area contributed by atoms with E-state index in [4.69, 9.17) is 18.9 Å². The zero-order valence-electron chi connectivity index (χ0n) is 21.1. The van der Waals surface area contributed by atoms with Crippen molar-refractivity contribution < 1.29 is 18.9 Å². The first-order chi connectivity index (χ1) is 13.2. The predicted molar refractivity (Wildman–Crippen MR) is 124 cm³/mol. The fourth-order valence-corrected chi connectivity index (χ4v) is 3.03. The predicted octanol–water partition coefficient (Wildman–Crippen LogP) is 6.43. The van der Waals surface area contributed by atoms with Crippen LogP contribution >= 0.6 is 0 Å². The molecule has 0 aromatic heterocycles. The van der Waals surface area contributed by atoms with Crippen molar-refractivity contribution in [3.63, 3.8) is 0 Å². The van der Waals surface area contributed by atoms with Gasteiger partial charge in [0.25, 0.3) is 0 Å². The minimum Gasteiger partial charge on any atom is -0.378 e. The van der Waals surface area contributed by atoms with Gasteiger partial charge >= 0.3 is 0 Å². The molecule has 0 rings (SSSR count). The van der Waals surface area contributed by atoms with E-state index >= 15 is 0 Å². The third-order valence-corrected chi connectivity index (χ3v) is 4.86. The quantitative estimate of drug-likeness (QED) is 0.203. The van der Waals surface area contributed by atoms with E-state index in [1.807, 2.05) is 0 Å². The SMILES string of the molecule is C=CCOCC(CC(C)(C)OCC(C)(C)CCC(C)(C)COC(C)C)OC(C)C. The molecule has 174 valence electrons. The molecule has 0 aliphatic carbocycles. The Hall–Kier alpha value is -0.420. The van der Waals surface area contributed by atoms with Crippen molar-refractivity contribution >= 4 is 0 Å². The molecule has 0 aliphatic rings. The normalized spacial score (nSPS) is 14.6. The van der Waals surface area contributed by atoms with Gasteiger partial charge in [0.2, 0.25) is 0 Å². The van der Waals surface area contributed by atoms with E-state index in [9.17, 15) is 0 Å². The summed E-state index contributed by atoms with van der Waals surface area (Å²) in [6.45, 7) is 28.1. The van der Waals surface area contributed by atoms with E-state index in [-0.39, 0.29) is 34.7 Å². The van der Waals surface area contributed by atoms with E-state index in [0.29, 0.717) is 13.2 Å². The van der Waals surface area contributed by atoms with Crippen LogP contribution < -0.4 is 0 Å². The average Bonchev–Trinajstić information content (AvgIpc) is 2.57. The topological polar surface area (TPSA) is 36.9 Å². The molecule has 0 N–H and O–H groups in total. The smallest absolute Gasteiger partial charge is 0.0839 e. The highest BCUT2D eigenvalue weighted by Gasteiger charge is 2.30. The largest absolute Gasteiger partial charge is 0.378 e. The molecular weight excluding hydrogens is 364 g/mol. The summed E-state index contributed by atoms with van der Waals surface area (Å²) < 4.78 is 23.9. The fourth-order valence-electron chi connectivity index (χ4n) is 3.03. The average molecular weight is 415 g/mol. The summed E-state index contributed by atoms with van der Waals surface area (Å²) in [6, 6.07) is 0. The Morgan fingerprint density at radius 3 is 1.86 bits per heavy atom. The van der Waals surface area contributed by atoms with Crippen LogP contribution in [0.4, 0.5) is 0 Å². The molecular formula is C25H50O4. The third kappa shape index (κ3) is 16.0. The molecule has 0 spiro atoms. The molecule has 0 saturated heterocycles. The zero-order valence-corrected chi connectivity index (χ0v) is 21.1. The van der Waals surface area contributed by atoms with E-state index < -0.39 is 0 Å². The number of rotatable bonds is 17. The minimum atomic E-state index is -0.273. The Balaban J connectivity index is 4.61. The Labute approximate surface area is 181 Å². The van der Waals surface area contributed by atoms with Gasteiger partial charge in [0.05, 0.1) is 50.3 Å². The van der Waals surface area contributed by atoms with Gasteiger partial charge in [0.1, 0.15) is 0 Å². The third-order valence-electron chi connectivity index (χ3n) is 4.86. The maximum absolute atomic E-state index is 6.39. The van der Waals surface area contributed by atoms with Gasteiger partial charge in [-0.25, -0.2) is 0 Å². The Morgan fingerprint density at radius 1 is 0.828 bits per heavy atom. The standard InChI is InChI=1S/C25H50O4/c1-12-15-26-17-22(29-21(4)5)16-25(10,11)28-19-24(8,9)14-13-23(6,7)18-27-20(2)3/h12,20-22H,1,13-19H2,2-11H3. The van der Waals surface area contributed by atoms with Crippen LogP contribution in [0.25, 0.3) is 0 Å². The lowest BCUT2D eigenvalue weighted by molar-refractivity contribution is -0.114. The first kappa shape index (κ1) is 28.6. The Morgan fingerprint density at radius 2 is 1.38 bits per heavy atom.